The van der Waals surface area contributed by atoms with E-state index in [2.05, 4.69) is 0 Å². The predicted molar refractivity (Wildman–Crippen MR) is 87.3 cm³/mol. The fourth-order valence-corrected chi connectivity index (χ4v) is 2.67. The van der Waals surface area contributed by atoms with Gasteiger partial charge in [-0.15, -0.1) is 0 Å². The van der Waals surface area contributed by atoms with Crippen molar-refractivity contribution in [3.05, 3.63) is 50.3 Å². The van der Waals surface area contributed by atoms with Gasteiger partial charge in [0.15, 0.2) is 0 Å². The van der Waals surface area contributed by atoms with Crippen LogP contribution in [0.15, 0.2) is 16.9 Å². The van der Waals surface area contributed by atoms with Gasteiger partial charge in [-0.1, -0.05) is 6.07 Å². The Kier molecular flexibility index (Phi) is 4.34. The minimum atomic E-state index is -1.66. The minimum absolute atomic E-state index is 0.00407. The molecular formula is C16H14N2O7. The van der Waals surface area contributed by atoms with Crippen LogP contribution in [0.1, 0.15) is 42.2 Å². The van der Waals surface area contributed by atoms with Crippen LogP contribution >= 0.6 is 0 Å². The average molecular weight is 346 g/mol. The van der Waals surface area contributed by atoms with Gasteiger partial charge >= 0.3 is 17.9 Å². The fraction of sp³-hybridized carbons (Fsp3) is 0.125. The number of nitrogens with one attached hydrogen (secondary N) is 1. The summed E-state index contributed by atoms with van der Waals surface area (Å²) in [5.74, 6) is -5.00. The van der Waals surface area contributed by atoms with Crippen LogP contribution in [-0.4, -0.2) is 38.2 Å². The van der Waals surface area contributed by atoms with Crippen molar-refractivity contribution < 1.29 is 29.7 Å². The summed E-state index contributed by atoms with van der Waals surface area (Å²) in [6, 6.07) is 2.60. The summed E-state index contributed by atoms with van der Waals surface area (Å²) in [4.78, 5) is 48.5. The number of hydrogen-bond donors (Lipinski definition) is 5. The summed E-state index contributed by atoms with van der Waals surface area (Å²) in [5.41, 5.74) is 3.27. The molecule has 0 saturated heterocycles. The molecule has 1 heterocycles. The van der Waals surface area contributed by atoms with Gasteiger partial charge in [-0.05, 0) is 36.6 Å². The number of carboxylic acids is 3. The van der Waals surface area contributed by atoms with Crippen molar-refractivity contribution in [2.75, 3.05) is 5.73 Å². The monoisotopic (exact) mass is 346 g/mol. The van der Waals surface area contributed by atoms with Crippen LogP contribution in [0, 0.1) is 13.8 Å². The van der Waals surface area contributed by atoms with Crippen molar-refractivity contribution in [3.8, 4) is 11.1 Å². The average Bonchev–Trinajstić information content (AvgIpc) is 2.44. The molecule has 2 rings (SSSR count). The van der Waals surface area contributed by atoms with E-state index in [4.69, 9.17) is 5.73 Å². The van der Waals surface area contributed by atoms with E-state index in [1.54, 1.807) is 13.8 Å². The molecule has 6 N–H and O–H groups in total. The zero-order valence-corrected chi connectivity index (χ0v) is 13.2. The topological polar surface area (TPSA) is 171 Å². The van der Waals surface area contributed by atoms with Crippen LogP contribution in [0.25, 0.3) is 11.1 Å². The fourth-order valence-electron chi connectivity index (χ4n) is 2.67. The van der Waals surface area contributed by atoms with Crippen LogP contribution in [0.2, 0.25) is 0 Å². The number of carbonyl (C=O) groups is 3. The molecule has 0 fully saturated rings. The van der Waals surface area contributed by atoms with Crippen molar-refractivity contribution >= 4 is 23.7 Å². The van der Waals surface area contributed by atoms with Gasteiger partial charge in [0.25, 0.3) is 5.56 Å². The summed E-state index contributed by atoms with van der Waals surface area (Å²) < 4.78 is 0. The molecule has 0 bridgehead atoms. The first-order chi connectivity index (χ1) is 11.6. The molecule has 130 valence electrons. The van der Waals surface area contributed by atoms with E-state index >= 15 is 0 Å². The van der Waals surface area contributed by atoms with Crippen LogP contribution in [0.4, 0.5) is 5.82 Å². The number of pyridine rings is 1. The number of hydrogen-bond acceptors (Lipinski definition) is 5. The smallest absolute Gasteiger partial charge is 0.342 e. The zero-order chi connectivity index (χ0) is 19.0. The standard InChI is InChI=1S/C16H14N2O7/c1-5-3-6(2)8(14(20)21)4-7(5)9-10(15(22)23)12(17)18-13(19)11(9)16(24)25/h3-4H,1-2H3,(H,20,21)(H,22,23)(H,24,25)(H3,17,18,19). The summed E-state index contributed by atoms with van der Waals surface area (Å²) in [6.45, 7) is 3.09. The molecule has 0 aliphatic carbocycles. The van der Waals surface area contributed by atoms with E-state index in [9.17, 15) is 34.5 Å². The molecule has 0 radical (unpaired) electrons. The van der Waals surface area contributed by atoms with E-state index < -0.39 is 46.0 Å². The van der Waals surface area contributed by atoms with Crippen molar-refractivity contribution in [2.45, 2.75) is 13.8 Å². The first-order valence-electron chi connectivity index (χ1n) is 6.93. The molecule has 25 heavy (non-hydrogen) atoms. The predicted octanol–water partition coefficient (Wildman–Crippen LogP) is 1.34. The molecule has 0 unspecified atom stereocenters. The Hall–Kier alpha value is -3.62. The highest BCUT2D eigenvalue weighted by Gasteiger charge is 2.28. The molecule has 0 spiro atoms. The number of aromatic nitrogens is 1. The SMILES string of the molecule is Cc1cc(C)c(-c2c(C(=O)O)c(N)[nH]c(=O)c2C(=O)O)cc1C(=O)O. The molecule has 2 aromatic rings. The second kappa shape index (κ2) is 6.11. The molecule has 0 amide bonds. The summed E-state index contributed by atoms with van der Waals surface area (Å²) >= 11 is 0. The Morgan fingerprint density at radius 3 is 1.96 bits per heavy atom. The van der Waals surface area contributed by atoms with Crippen LogP contribution in [-0.2, 0) is 0 Å². The second-order valence-corrected chi connectivity index (χ2v) is 5.39. The number of rotatable bonds is 4. The highest BCUT2D eigenvalue weighted by molar-refractivity contribution is 6.08. The third-order valence-electron chi connectivity index (χ3n) is 3.74. The van der Waals surface area contributed by atoms with Gasteiger partial charge in [-0.3, -0.25) is 4.79 Å². The molecule has 0 aliphatic rings. The van der Waals surface area contributed by atoms with Gasteiger partial charge in [0.2, 0.25) is 0 Å². The molecule has 1 aromatic carbocycles. The zero-order valence-electron chi connectivity index (χ0n) is 13.2. The number of carboxylic acid groups (broad SMARTS) is 3. The normalized spacial score (nSPS) is 10.5. The third-order valence-corrected chi connectivity index (χ3v) is 3.74. The van der Waals surface area contributed by atoms with E-state index in [1.165, 1.54) is 6.07 Å². The lowest BCUT2D eigenvalue weighted by Gasteiger charge is -2.15. The molecule has 9 heteroatoms. The van der Waals surface area contributed by atoms with Crippen molar-refractivity contribution in [1.29, 1.82) is 0 Å². The number of H-pyrrole nitrogens is 1. The number of aromatic carboxylic acids is 3. The molecule has 0 saturated carbocycles. The molecular weight excluding hydrogens is 332 g/mol. The van der Waals surface area contributed by atoms with Gasteiger partial charge in [0, 0.05) is 5.56 Å². The molecule has 1 aromatic heterocycles. The van der Waals surface area contributed by atoms with Gasteiger partial charge in [-0.2, -0.15) is 0 Å². The van der Waals surface area contributed by atoms with E-state index in [0.717, 1.165) is 6.07 Å². The van der Waals surface area contributed by atoms with Crippen LogP contribution in [0.3, 0.4) is 0 Å². The minimum Gasteiger partial charge on any atom is -0.478 e. The Morgan fingerprint density at radius 1 is 0.920 bits per heavy atom. The Balaban J connectivity index is 3.08. The maximum atomic E-state index is 12.0. The van der Waals surface area contributed by atoms with E-state index in [-0.39, 0.29) is 11.1 Å². The maximum absolute atomic E-state index is 12.0. The number of benzene rings is 1. The Labute approximate surface area is 140 Å². The van der Waals surface area contributed by atoms with Gasteiger partial charge in [-0.25, -0.2) is 14.4 Å². The number of aromatic amines is 1. The summed E-state index contributed by atoms with van der Waals surface area (Å²) in [5, 5.41) is 28.0. The highest BCUT2D eigenvalue weighted by atomic mass is 16.4. The first kappa shape index (κ1) is 17.7. The maximum Gasteiger partial charge on any atom is 0.342 e. The van der Waals surface area contributed by atoms with Gasteiger partial charge in [0.05, 0.1) is 5.56 Å². The van der Waals surface area contributed by atoms with Gasteiger partial charge < -0.3 is 26.0 Å². The number of aryl methyl sites for hydroxylation is 2. The van der Waals surface area contributed by atoms with Gasteiger partial charge in [0.1, 0.15) is 16.9 Å². The Bertz CT molecular complexity index is 989. The van der Waals surface area contributed by atoms with Crippen LogP contribution in [0.5, 0.6) is 0 Å². The lowest BCUT2D eigenvalue weighted by atomic mass is 9.89. The third kappa shape index (κ3) is 2.94. The summed E-state index contributed by atoms with van der Waals surface area (Å²) in [6.07, 6.45) is 0. The second-order valence-electron chi connectivity index (χ2n) is 5.39. The summed E-state index contributed by atoms with van der Waals surface area (Å²) in [7, 11) is 0. The molecule has 0 atom stereocenters. The quantitative estimate of drug-likeness (QED) is 0.551. The lowest BCUT2D eigenvalue weighted by Crippen LogP contribution is -2.24. The van der Waals surface area contributed by atoms with Crippen molar-refractivity contribution in [1.82, 2.24) is 4.98 Å². The molecule has 9 nitrogen and oxygen atoms in total. The van der Waals surface area contributed by atoms with E-state index in [0.29, 0.717) is 11.1 Å². The van der Waals surface area contributed by atoms with Crippen LogP contribution < -0.4 is 11.3 Å². The lowest BCUT2D eigenvalue weighted by molar-refractivity contribution is 0.0683. The van der Waals surface area contributed by atoms with Crippen molar-refractivity contribution in [2.24, 2.45) is 0 Å². The Morgan fingerprint density at radius 2 is 1.48 bits per heavy atom. The van der Waals surface area contributed by atoms with E-state index in [1.807, 2.05) is 4.98 Å². The number of nitrogens with two attached hydrogens (primary N) is 1. The number of nitrogen functional groups attached to an aromatic ring is 1. The highest BCUT2D eigenvalue weighted by Crippen LogP contribution is 2.33. The number of anilines is 1. The molecule has 0 aliphatic heterocycles. The van der Waals surface area contributed by atoms with Crippen molar-refractivity contribution in [3.63, 3.8) is 0 Å². The largest absolute Gasteiger partial charge is 0.478 e. The first-order valence-corrected chi connectivity index (χ1v) is 6.93.